The van der Waals surface area contributed by atoms with Gasteiger partial charge in [-0.05, 0) is 48.1 Å². The van der Waals surface area contributed by atoms with Crippen molar-refractivity contribution in [2.24, 2.45) is 5.92 Å². The molecule has 2 aromatic rings. The number of aromatic nitrogens is 1. The number of anilines is 1. The van der Waals surface area contributed by atoms with Crippen molar-refractivity contribution in [3.8, 4) is 0 Å². The Balaban J connectivity index is 1.31. The number of carbonyl (C=O) groups excluding carboxylic acids is 1. The molecule has 2 aliphatic rings. The number of hydrogen-bond acceptors (Lipinski definition) is 4. The van der Waals surface area contributed by atoms with Gasteiger partial charge in [0.15, 0.2) is 0 Å². The summed E-state index contributed by atoms with van der Waals surface area (Å²) in [6.45, 7) is 2.73. The molecular formula is C24H31N3O2S. The van der Waals surface area contributed by atoms with Crippen LogP contribution in [0.4, 0.5) is 5.69 Å². The summed E-state index contributed by atoms with van der Waals surface area (Å²) >= 11 is -0.739. The zero-order valence-electron chi connectivity index (χ0n) is 17.9. The summed E-state index contributed by atoms with van der Waals surface area (Å²) in [6, 6.07) is 11.1. The van der Waals surface area contributed by atoms with Crippen molar-refractivity contribution in [3.05, 3.63) is 58.9 Å². The van der Waals surface area contributed by atoms with E-state index in [1.807, 2.05) is 19.3 Å². The third kappa shape index (κ3) is 4.81. The first kappa shape index (κ1) is 21.2. The monoisotopic (exact) mass is 425 g/mol. The van der Waals surface area contributed by atoms with Crippen molar-refractivity contribution < 1.29 is 9.35 Å². The van der Waals surface area contributed by atoms with E-state index in [4.69, 9.17) is 0 Å². The minimum absolute atomic E-state index is 0.00523. The lowest BCUT2D eigenvalue weighted by atomic mass is 10.0. The molecule has 1 N–H and O–H groups in total. The van der Waals surface area contributed by atoms with E-state index < -0.39 is 11.2 Å². The predicted octanol–water partition coefficient (Wildman–Crippen LogP) is 3.34. The molecule has 1 aromatic heterocycles. The van der Waals surface area contributed by atoms with Gasteiger partial charge in [-0.3, -0.25) is 9.78 Å². The molecule has 30 heavy (non-hydrogen) atoms. The van der Waals surface area contributed by atoms with Crippen molar-refractivity contribution in [1.82, 2.24) is 9.88 Å². The molecule has 160 valence electrons. The number of nitrogens with one attached hydrogen (secondary N) is 1. The molecule has 0 saturated carbocycles. The Hall–Kier alpha value is -2.05. The lowest BCUT2D eigenvalue weighted by molar-refractivity contribution is -0.135. The third-order valence-electron chi connectivity index (χ3n) is 6.38. The van der Waals surface area contributed by atoms with Gasteiger partial charge in [0, 0.05) is 31.8 Å². The van der Waals surface area contributed by atoms with Crippen LogP contribution in [0.2, 0.25) is 0 Å². The first-order chi connectivity index (χ1) is 14.5. The Labute approximate surface area is 182 Å². The van der Waals surface area contributed by atoms with Gasteiger partial charge < -0.3 is 14.8 Å². The minimum atomic E-state index is -0.739. The van der Waals surface area contributed by atoms with E-state index in [0.29, 0.717) is 24.1 Å². The second-order valence-electron chi connectivity index (χ2n) is 8.51. The summed E-state index contributed by atoms with van der Waals surface area (Å²) in [5, 5.41) is 3.63. The van der Waals surface area contributed by atoms with Crippen molar-refractivity contribution in [1.29, 1.82) is 0 Å². The third-order valence-corrected chi connectivity index (χ3v) is 7.76. The molecule has 2 heterocycles. The van der Waals surface area contributed by atoms with E-state index in [0.717, 1.165) is 43.5 Å². The Bertz CT molecular complexity index is 879. The van der Waals surface area contributed by atoms with Gasteiger partial charge in [-0.1, -0.05) is 36.3 Å². The van der Waals surface area contributed by atoms with Crippen molar-refractivity contribution in [2.75, 3.05) is 23.9 Å². The van der Waals surface area contributed by atoms with Gasteiger partial charge >= 0.3 is 0 Å². The normalized spacial score (nSPS) is 23.1. The van der Waals surface area contributed by atoms with Crippen LogP contribution in [0.5, 0.6) is 0 Å². The van der Waals surface area contributed by atoms with E-state index in [-0.39, 0.29) is 11.8 Å². The number of aryl methyl sites for hydroxylation is 1. The van der Waals surface area contributed by atoms with Crippen molar-refractivity contribution in [3.63, 3.8) is 0 Å². The van der Waals surface area contributed by atoms with Crippen LogP contribution in [0.3, 0.4) is 0 Å². The quantitative estimate of drug-likeness (QED) is 0.721. The van der Waals surface area contributed by atoms with Crippen LogP contribution in [0.25, 0.3) is 0 Å². The van der Waals surface area contributed by atoms with Crippen LogP contribution >= 0.6 is 0 Å². The number of benzene rings is 1. The van der Waals surface area contributed by atoms with E-state index in [2.05, 4.69) is 41.5 Å². The van der Waals surface area contributed by atoms with Gasteiger partial charge in [-0.15, -0.1) is 0 Å². The fourth-order valence-electron chi connectivity index (χ4n) is 4.67. The van der Waals surface area contributed by atoms with E-state index >= 15 is 0 Å². The van der Waals surface area contributed by atoms with Crippen molar-refractivity contribution >= 4 is 22.8 Å². The summed E-state index contributed by atoms with van der Waals surface area (Å²) in [4.78, 5) is 19.0. The van der Waals surface area contributed by atoms with Gasteiger partial charge in [-0.2, -0.15) is 0 Å². The Morgan fingerprint density at radius 2 is 2.03 bits per heavy atom. The first-order valence-corrected chi connectivity index (χ1v) is 12.4. The number of pyridine rings is 1. The minimum Gasteiger partial charge on any atom is -0.616 e. The lowest BCUT2D eigenvalue weighted by Crippen LogP contribution is -2.37. The molecular weight excluding hydrogens is 394 g/mol. The zero-order valence-corrected chi connectivity index (χ0v) is 18.7. The average Bonchev–Trinajstić information content (AvgIpc) is 3.17. The Kier molecular flexibility index (Phi) is 6.64. The molecule has 1 atom stereocenters. The summed E-state index contributed by atoms with van der Waals surface area (Å²) < 4.78 is 11.5. The molecule has 1 aliphatic heterocycles. The van der Waals surface area contributed by atoms with Crippen molar-refractivity contribution in [2.45, 2.75) is 51.6 Å². The predicted molar refractivity (Wildman–Crippen MR) is 122 cm³/mol. The Morgan fingerprint density at radius 3 is 2.73 bits per heavy atom. The molecule has 1 amide bonds. The highest BCUT2D eigenvalue weighted by molar-refractivity contribution is 7.91. The summed E-state index contributed by atoms with van der Waals surface area (Å²) in [7, 11) is 1.84. The molecule has 0 spiro atoms. The average molecular weight is 426 g/mol. The number of rotatable bonds is 6. The number of hydrogen-bond donors (Lipinski definition) is 1. The highest BCUT2D eigenvalue weighted by Crippen LogP contribution is 2.28. The van der Waals surface area contributed by atoms with Crippen LogP contribution in [0.15, 0.2) is 36.5 Å². The highest BCUT2D eigenvalue weighted by Gasteiger charge is 2.29. The van der Waals surface area contributed by atoms with Gasteiger partial charge in [0.05, 0.1) is 24.1 Å². The van der Waals surface area contributed by atoms with Gasteiger partial charge in [-0.25, -0.2) is 0 Å². The van der Waals surface area contributed by atoms with Gasteiger partial charge in [0.2, 0.25) is 5.91 Å². The maximum Gasteiger partial charge on any atom is 0.226 e. The maximum absolute atomic E-state index is 12.7. The number of carbonyl (C=O) groups is 1. The fourth-order valence-corrected chi connectivity index (χ4v) is 5.97. The lowest BCUT2D eigenvalue weighted by Gasteiger charge is -2.27. The zero-order chi connectivity index (χ0) is 21.1. The number of amides is 1. The topological polar surface area (TPSA) is 68.3 Å². The number of fused-ring (bicyclic) bond motifs is 1. The standard InChI is InChI=1S/C24H31N3O2S/c1-3-17-5-4-6-19-13-22(14-23(17)19)26-20-7-8-21(25-15-20)16-27(2)24(28)18-9-11-30(29)12-10-18/h4-8,15,18,22,26H,3,9-14,16H2,1-2H3. The number of nitrogens with zero attached hydrogens (tertiary/aromatic N) is 2. The first-order valence-electron chi connectivity index (χ1n) is 10.9. The van der Waals surface area contributed by atoms with Crippen LogP contribution in [-0.2, 0) is 41.8 Å². The fraction of sp³-hybridized carbons (Fsp3) is 0.500. The molecule has 6 heteroatoms. The molecule has 0 radical (unpaired) electrons. The van der Waals surface area contributed by atoms with Crippen LogP contribution < -0.4 is 5.32 Å². The van der Waals surface area contributed by atoms with Gasteiger partial charge in [0.1, 0.15) is 11.5 Å². The SMILES string of the molecule is CCc1cccc2c1CC(Nc1ccc(CN(C)C(=O)C3CC[S+]([O-])CC3)nc1)C2. The second kappa shape index (κ2) is 9.40. The van der Waals surface area contributed by atoms with Crippen LogP contribution in [-0.4, -0.2) is 44.9 Å². The maximum atomic E-state index is 12.7. The smallest absolute Gasteiger partial charge is 0.226 e. The largest absolute Gasteiger partial charge is 0.616 e. The molecule has 1 aromatic carbocycles. The summed E-state index contributed by atoms with van der Waals surface area (Å²) in [6.07, 6.45) is 6.53. The molecule has 5 nitrogen and oxygen atoms in total. The summed E-state index contributed by atoms with van der Waals surface area (Å²) in [5.41, 5.74) is 6.34. The molecule has 0 bridgehead atoms. The molecule has 1 fully saturated rings. The second-order valence-corrected chi connectivity index (χ2v) is 10.2. The molecule has 1 saturated heterocycles. The van der Waals surface area contributed by atoms with E-state index in [1.165, 1.54) is 16.7 Å². The molecule has 1 unspecified atom stereocenters. The summed E-state index contributed by atoms with van der Waals surface area (Å²) in [5.74, 6) is 1.44. The van der Waals surface area contributed by atoms with Crippen LogP contribution in [0, 0.1) is 5.92 Å². The van der Waals surface area contributed by atoms with Crippen LogP contribution in [0.1, 0.15) is 42.1 Å². The van der Waals surface area contributed by atoms with E-state index in [9.17, 15) is 9.35 Å². The van der Waals surface area contributed by atoms with E-state index in [1.54, 1.807) is 4.90 Å². The highest BCUT2D eigenvalue weighted by atomic mass is 32.2. The Morgan fingerprint density at radius 1 is 1.23 bits per heavy atom. The molecule has 1 aliphatic carbocycles. The molecule has 4 rings (SSSR count). The van der Waals surface area contributed by atoms with Gasteiger partial charge in [0.25, 0.3) is 0 Å².